The average Bonchev–Trinajstić information content (AvgIpc) is 2.19. The number of hydrogen-bond donors (Lipinski definition) is 2. The van der Waals surface area contributed by atoms with Crippen molar-refractivity contribution >= 4 is 17.8 Å². The van der Waals surface area contributed by atoms with Gasteiger partial charge in [-0.15, -0.1) is 0 Å². The van der Waals surface area contributed by atoms with Gasteiger partial charge in [-0.3, -0.25) is 9.59 Å². The second kappa shape index (κ2) is 5.11. The number of Topliss-reactive ketones (excluding diaryl/α,β-unsaturated/α-hetero) is 1. The third kappa shape index (κ3) is 3.24. The van der Waals surface area contributed by atoms with E-state index in [0.29, 0.717) is 5.56 Å². The van der Waals surface area contributed by atoms with E-state index in [-0.39, 0.29) is 23.5 Å². The Bertz CT molecular complexity index is 446. The summed E-state index contributed by atoms with van der Waals surface area (Å²) in [5, 5.41) is 17.8. The molecule has 1 rings (SSSR count). The maximum atomic E-state index is 11.1. The predicted molar refractivity (Wildman–Crippen MR) is 59.4 cm³/mol. The summed E-state index contributed by atoms with van der Waals surface area (Å²) in [4.78, 5) is 21.4. The van der Waals surface area contributed by atoms with Crippen molar-refractivity contribution in [1.82, 2.24) is 0 Å². The minimum atomic E-state index is -0.915. The number of carboxylic acids is 1. The number of hydrogen-bond acceptors (Lipinski definition) is 3. The maximum absolute atomic E-state index is 11.1. The Morgan fingerprint density at radius 1 is 1.38 bits per heavy atom. The van der Waals surface area contributed by atoms with Gasteiger partial charge in [-0.1, -0.05) is 18.2 Å². The summed E-state index contributed by atoms with van der Waals surface area (Å²) < 4.78 is 0. The molecule has 0 saturated heterocycles. The number of rotatable bonds is 4. The molecule has 0 aliphatic heterocycles. The number of aliphatic carboxylic acids is 1. The van der Waals surface area contributed by atoms with Gasteiger partial charge in [0.25, 0.3) is 0 Å². The number of aromatic hydroxyl groups is 1. The molecule has 4 heteroatoms. The number of phenols is 1. The van der Waals surface area contributed by atoms with Gasteiger partial charge in [-0.25, -0.2) is 0 Å². The fourth-order valence-electron chi connectivity index (χ4n) is 1.24. The highest BCUT2D eigenvalue weighted by molar-refractivity contribution is 5.97. The highest BCUT2D eigenvalue weighted by atomic mass is 16.4. The van der Waals surface area contributed by atoms with E-state index in [1.807, 2.05) is 0 Å². The van der Waals surface area contributed by atoms with E-state index in [2.05, 4.69) is 0 Å². The SMILES string of the molecule is CC(=O)c1cc(C=CCC(=O)O)ccc1O. The molecule has 0 radical (unpaired) electrons. The van der Waals surface area contributed by atoms with Crippen LogP contribution in [0.25, 0.3) is 6.08 Å². The average molecular weight is 220 g/mol. The van der Waals surface area contributed by atoms with Crippen LogP contribution in [-0.2, 0) is 4.79 Å². The Balaban J connectivity index is 2.91. The van der Waals surface area contributed by atoms with Crippen LogP contribution in [0.2, 0.25) is 0 Å². The van der Waals surface area contributed by atoms with Gasteiger partial charge < -0.3 is 10.2 Å². The highest BCUT2D eigenvalue weighted by Crippen LogP contribution is 2.19. The standard InChI is InChI=1S/C12H12O4/c1-8(13)10-7-9(5-6-11(10)14)3-2-4-12(15)16/h2-3,5-7,14H,4H2,1H3,(H,15,16). The molecule has 0 spiro atoms. The molecular formula is C12H12O4. The zero-order chi connectivity index (χ0) is 12.1. The Kier molecular flexibility index (Phi) is 3.83. The summed E-state index contributed by atoms with van der Waals surface area (Å²) in [6.45, 7) is 1.36. The van der Waals surface area contributed by atoms with Crippen molar-refractivity contribution in [2.24, 2.45) is 0 Å². The number of carboxylic acid groups (broad SMARTS) is 1. The topological polar surface area (TPSA) is 74.6 Å². The minimum absolute atomic E-state index is 0.0668. The van der Waals surface area contributed by atoms with Crippen LogP contribution in [0.15, 0.2) is 24.3 Å². The first-order valence-corrected chi connectivity index (χ1v) is 4.73. The van der Waals surface area contributed by atoms with E-state index in [4.69, 9.17) is 5.11 Å². The van der Waals surface area contributed by atoms with Gasteiger partial charge in [0.1, 0.15) is 5.75 Å². The number of carbonyl (C=O) groups is 2. The fourth-order valence-corrected chi connectivity index (χ4v) is 1.24. The summed E-state index contributed by atoms with van der Waals surface area (Å²) >= 11 is 0. The number of carbonyl (C=O) groups excluding carboxylic acids is 1. The van der Waals surface area contributed by atoms with Crippen LogP contribution in [0, 0.1) is 0 Å². The Morgan fingerprint density at radius 2 is 2.06 bits per heavy atom. The molecule has 0 amide bonds. The van der Waals surface area contributed by atoms with Crippen molar-refractivity contribution in [3.63, 3.8) is 0 Å². The molecule has 0 saturated carbocycles. The van der Waals surface area contributed by atoms with Gasteiger partial charge in [0.2, 0.25) is 0 Å². The predicted octanol–water partition coefficient (Wildman–Crippen LogP) is 2.08. The van der Waals surface area contributed by atoms with E-state index >= 15 is 0 Å². The number of ketones is 1. The monoisotopic (exact) mass is 220 g/mol. The summed E-state index contributed by atoms with van der Waals surface area (Å²) in [5.41, 5.74) is 0.918. The normalized spacial score (nSPS) is 10.6. The lowest BCUT2D eigenvalue weighted by Crippen LogP contribution is -1.93. The van der Waals surface area contributed by atoms with Crippen LogP contribution >= 0.6 is 0 Å². The van der Waals surface area contributed by atoms with E-state index in [9.17, 15) is 14.7 Å². The maximum Gasteiger partial charge on any atom is 0.307 e. The molecule has 1 aromatic rings. The zero-order valence-corrected chi connectivity index (χ0v) is 8.80. The molecule has 0 unspecified atom stereocenters. The van der Waals surface area contributed by atoms with Crippen LogP contribution in [0.4, 0.5) is 0 Å². The van der Waals surface area contributed by atoms with Crippen molar-refractivity contribution in [2.75, 3.05) is 0 Å². The lowest BCUT2D eigenvalue weighted by Gasteiger charge is -2.01. The van der Waals surface area contributed by atoms with Crippen LogP contribution < -0.4 is 0 Å². The molecule has 4 nitrogen and oxygen atoms in total. The second-order valence-corrected chi connectivity index (χ2v) is 3.33. The van der Waals surface area contributed by atoms with E-state index in [1.165, 1.54) is 25.1 Å². The minimum Gasteiger partial charge on any atom is -0.507 e. The number of benzene rings is 1. The fraction of sp³-hybridized carbons (Fsp3) is 0.167. The Morgan fingerprint density at radius 3 is 2.62 bits per heavy atom. The third-order valence-corrected chi connectivity index (χ3v) is 2.00. The number of phenolic OH excluding ortho intramolecular Hbond substituents is 1. The molecule has 2 N–H and O–H groups in total. The van der Waals surface area contributed by atoms with Crippen molar-refractivity contribution in [3.8, 4) is 5.75 Å². The molecule has 16 heavy (non-hydrogen) atoms. The summed E-state index contributed by atoms with van der Waals surface area (Å²) in [7, 11) is 0. The zero-order valence-electron chi connectivity index (χ0n) is 8.80. The van der Waals surface area contributed by atoms with Crippen molar-refractivity contribution in [1.29, 1.82) is 0 Å². The molecule has 84 valence electrons. The summed E-state index contributed by atoms with van der Waals surface area (Å²) in [6.07, 6.45) is 3.01. The van der Waals surface area contributed by atoms with Gasteiger partial charge in [-0.2, -0.15) is 0 Å². The molecule has 0 aliphatic carbocycles. The van der Waals surface area contributed by atoms with Gasteiger partial charge in [-0.05, 0) is 24.6 Å². The Hall–Kier alpha value is -2.10. The smallest absolute Gasteiger partial charge is 0.307 e. The van der Waals surface area contributed by atoms with Crippen LogP contribution in [-0.4, -0.2) is 22.0 Å². The van der Waals surface area contributed by atoms with E-state index < -0.39 is 5.97 Å². The van der Waals surface area contributed by atoms with Crippen LogP contribution in [0.3, 0.4) is 0 Å². The van der Waals surface area contributed by atoms with E-state index in [0.717, 1.165) is 0 Å². The lowest BCUT2D eigenvalue weighted by molar-refractivity contribution is -0.135. The van der Waals surface area contributed by atoms with E-state index in [1.54, 1.807) is 12.1 Å². The van der Waals surface area contributed by atoms with Gasteiger partial charge in [0.15, 0.2) is 5.78 Å². The summed E-state index contributed by atoms with van der Waals surface area (Å²) in [5.74, 6) is -1.21. The third-order valence-electron chi connectivity index (χ3n) is 2.00. The largest absolute Gasteiger partial charge is 0.507 e. The molecular weight excluding hydrogens is 208 g/mol. The molecule has 0 bridgehead atoms. The molecule has 0 aliphatic rings. The molecule has 1 aromatic carbocycles. The van der Waals surface area contributed by atoms with Gasteiger partial charge >= 0.3 is 5.97 Å². The van der Waals surface area contributed by atoms with Crippen LogP contribution in [0.1, 0.15) is 29.3 Å². The first kappa shape index (κ1) is 12.0. The molecule has 0 fully saturated rings. The van der Waals surface area contributed by atoms with Crippen molar-refractivity contribution in [3.05, 3.63) is 35.4 Å². The van der Waals surface area contributed by atoms with Crippen LogP contribution in [0.5, 0.6) is 5.75 Å². The first-order chi connectivity index (χ1) is 7.50. The highest BCUT2D eigenvalue weighted by Gasteiger charge is 2.05. The summed E-state index contributed by atoms with van der Waals surface area (Å²) in [6, 6.07) is 4.55. The Labute approximate surface area is 92.8 Å². The molecule has 0 heterocycles. The van der Waals surface area contributed by atoms with Crippen molar-refractivity contribution in [2.45, 2.75) is 13.3 Å². The molecule has 0 aromatic heterocycles. The van der Waals surface area contributed by atoms with Crippen molar-refractivity contribution < 1.29 is 19.8 Å². The second-order valence-electron chi connectivity index (χ2n) is 3.33. The first-order valence-electron chi connectivity index (χ1n) is 4.73. The van der Waals surface area contributed by atoms with Gasteiger partial charge in [0.05, 0.1) is 12.0 Å². The quantitative estimate of drug-likeness (QED) is 0.762. The van der Waals surface area contributed by atoms with Gasteiger partial charge in [0, 0.05) is 0 Å². The lowest BCUT2D eigenvalue weighted by atomic mass is 10.1. The molecule has 0 atom stereocenters.